The molecule has 0 unspecified atom stereocenters. The Morgan fingerprint density at radius 3 is 2.62 bits per heavy atom. The molecule has 3 aromatic rings. The van der Waals surface area contributed by atoms with Gasteiger partial charge in [-0.3, -0.25) is 9.59 Å². The minimum atomic E-state index is -0.750. The van der Waals surface area contributed by atoms with E-state index in [2.05, 4.69) is 10.3 Å². The maximum Gasteiger partial charge on any atom is 0.296 e. The third kappa shape index (κ3) is 3.28. The molecule has 1 amide bonds. The summed E-state index contributed by atoms with van der Waals surface area (Å²) >= 11 is 6.30. The Bertz CT molecular complexity index is 978. The molecule has 1 N–H and O–H groups in total. The molecular formula is C19H18ClN3O3. The van der Waals surface area contributed by atoms with E-state index in [4.69, 9.17) is 16.3 Å². The summed E-state index contributed by atoms with van der Waals surface area (Å²) in [6.45, 7) is 4.00. The van der Waals surface area contributed by atoms with Crippen molar-refractivity contribution in [1.82, 2.24) is 9.55 Å². The quantitative estimate of drug-likeness (QED) is 0.541. The topological polar surface area (TPSA) is 73.2 Å². The van der Waals surface area contributed by atoms with E-state index in [0.29, 0.717) is 22.0 Å². The number of nitrogens with zero attached hydrogens (tertiary/aromatic N) is 2. The number of amides is 1. The van der Waals surface area contributed by atoms with E-state index < -0.39 is 11.7 Å². The fourth-order valence-electron chi connectivity index (χ4n) is 2.75. The fraction of sp³-hybridized carbons (Fsp3) is 0.211. The number of rotatable bonds is 5. The SMILES string of the molecule is COc1ccc(NC(=O)C(=O)c2cn(C(C)C)c3cccc(Cl)c23)cn1. The van der Waals surface area contributed by atoms with Gasteiger partial charge in [0.1, 0.15) is 0 Å². The second kappa shape index (κ2) is 7.17. The number of nitrogens with one attached hydrogen (secondary N) is 1. The van der Waals surface area contributed by atoms with E-state index in [1.807, 2.05) is 30.5 Å². The molecule has 0 aliphatic rings. The van der Waals surface area contributed by atoms with Crippen molar-refractivity contribution in [2.45, 2.75) is 19.9 Å². The zero-order valence-corrected chi connectivity index (χ0v) is 15.4. The number of fused-ring (bicyclic) bond motifs is 1. The summed E-state index contributed by atoms with van der Waals surface area (Å²) in [5, 5.41) is 3.57. The molecule has 2 heterocycles. The first-order valence-electron chi connectivity index (χ1n) is 8.07. The van der Waals surface area contributed by atoms with Gasteiger partial charge in [-0.1, -0.05) is 17.7 Å². The number of hydrogen-bond donors (Lipinski definition) is 1. The van der Waals surface area contributed by atoms with Crippen LogP contribution < -0.4 is 10.1 Å². The van der Waals surface area contributed by atoms with E-state index in [1.54, 1.807) is 24.4 Å². The summed E-state index contributed by atoms with van der Waals surface area (Å²) in [6.07, 6.45) is 3.10. The van der Waals surface area contributed by atoms with Crippen LogP contribution in [0.3, 0.4) is 0 Å². The lowest BCUT2D eigenvalue weighted by Crippen LogP contribution is -2.22. The second-order valence-corrected chi connectivity index (χ2v) is 6.46. The number of carbonyl (C=O) groups is 2. The summed E-state index contributed by atoms with van der Waals surface area (Å²) in [7, 11) is 1.50. The Morgan fingerprint density at radius 1 is 1.23 bits per heavy atom. The molecule has 3 rings (SSSR count). The van der Waals surface area contributed by atoms with Crippen LogP contribution in [-0.2, 0) is 4.79 Å². The Hall–Kier alpha value is -2.86. The van der Waals surface area contributed by atoms with E-state index >= 15 is 0 Å². The maximum absolute atomic E-state index is 12.7. The van der Waals surface area contributed by atoms with E-state index in [1.165, 1.54) is 13.3 Å². The van der Waals surface area contributed by atoms with Crippen LogP contribution in [0.1, 0.15) is 30.2 Å². The van der Waals surface area contributed by atoms with Gasteiger partial charge < -0.3 is 14.6 Å². The van der Waals surface area contributed by atoms with Crippen LogP contribution in [0.15, 0.2) is 42.7 Å². The van der Waals surface area contributed by atoms with Gasteiger partial charge in [-0.05, 0) is 32.0 Å². The van der Waals surface area contributed by atoms with Gasteiger partial charge in [0.15, 0.2) is 0 Å². The van der Waals surface area contributed by atoms with Crippen molar-refractivity contribution in [2.24, 2.45) is 0 Å². The lowest BCUT2D eigenvalue weighted by molar-refractivity contribution is -0.112. The van der Waals surface area contributed by atoms with E-state index in [-0.39, 0.29) is 11.6 Å². The van der Waals surface area contributed by atoms with Gasteiger partial charge >= 0.3 is 0 Å². The van der Waals surface area contributed by atoms with Crippen LogP contribution in [0.4, 0.5) is 5.69 Å². The highest BCUT2D eigenvalue weighted by atomic mass is 35.5. The number of ether oxygens (including phenoxy) is 1. The Kier molecular flexibility index (Phi) is 4.95. The van der Waals surface area contributed by atoms with Crippen LogP contribution in [0.5, 0.6) is 5.88 Å². The van der Waals surface area contributed by atoms with Crippen LogP contribution in [0.25, 0.3) is 10.9 Å². The minimum absolute atomic E-state index is 0.117. The Morgan fingerprint density at radius 2 is 2.00 bits per heavy atom. The molecule has 0 spiro atoms. The number of pyridine rings is 1. The molecule has 0 aliphatic heterocycles. The molecule has 26 heavy (non-hydrogen) atoms. The lowest BCUT2D eigenvalue weighted by Gasteiger charge is -2.08. The van der Waals surface area contributed by atoms with Gasteiger partial charge in [-0.25, -0.2) is 4.98 Å². The van der Waals surface area contributed by atoms with Gasteiger partial charge in [0.2, 0.25) is 5.88 Å². The molecule has 0 saturated heterocycles. The molecule has 1 aromatic carbocycles. The normalized spacial score (nSPS) is 11.0. The van der Waals surface area contributed by atoms with Gasteiger partial charge in [0, 0.05) is 23.7 Å². The van der Waals surface area contributed by atoms with Crippen molar-refractivity contribution < 1.29 is 14.3 Å². The van der Waals surface area contributed by atoms with Crippen molar-refractivity contribution in [3.63, 3.8) is 0 Å². The molecule has 134 valence electrons. The average molecular weight is 372 g/mol. The summed E-state index contributed by atoms with van der Waals surface area (Å²) in [5.74, 6) is -0.987. The molecule has 2 aromatic heterocycles. The third-order valence-electron chi connectivity index (χ3n) is 4.02. The number of aromatic nitrogens is 2. The standard InChI is InChI=1S/C19H18ClN3O3/c1-11(2)23-10-13(17-14(20)5-4-6-15(17)23)18(24)19(25)22-12-7-8-16(26-3)21-9-12/h4-11H,1-3H3,(H,22,25). The average Bonchev–Trinajstić information content (AvgIpc) is 3.03. The molecule has 0 atom stereocenters. The van der Waals surface area contributed by atoms with Crippen LogP contribution in [0, 0.1) is 0 Å². The predicted octanol–water partition coefficient (Wildman–Crippen LogP) is 4.10. The predicted molar refractivity (Wildman–Crippen MR) is 101 cm³/mol. The zero-order chi connectivity index (χ0) is 18.8. The van der Waals surface area contributed by atoms with Crippen LogP contribution in [-0.4, -0.2) is 28.4 Å². The third-order valence-corrected chi connectivity index (χ3v) is 4.33. The minimum Gasteiger partial charge on any atom is -0.481 e. The summed E-state index contributed by atoms with van der Waals surface area (Å²) in [6, 6.07) is 8.73. The van der Waals surface area contributed by atoms with Crippen molar-refractivity contribution in [3.8, 4) is 5.88 Å². The first-order valence-corrected chi connectivity index (χ1v) is 8.45. The number of methoxy groups -OCH3 is 1. The van der Waals surface area contributed by atoms with Crippen LogP contribution >= 0.6 is 11.6 Å². The monoisotopic (exact) mass is 371 g/mol. The molecule has 6 nitrogen and oxygen atoms in total. The number of Topliss-reactive ketones (excluding diaryl/α,β-unsaturated/α-hetero) is 1. The Balaban J connectivity index is 1.95. The van der Waals surface area contributed by atoms with Crippen LogP contribution in [0.2, 0.25) is 5.02 Å². The summed E-state index contributed by atoms with van der Waals surface area (Å²) in [4.78, 5) is 29.2. The lowest BCUT2D eigenvalue weighted by atomic mass is 10.1. The zero-order valence-electron chi connectivity index (χ0n) is 14.6. The van der Waals surface area contributed by atoms with Crippen molar-refractivity contribution >= 4 is 39.9 Å². The molecule has 0 radical (unpaired) electrons. The molecule has 0 bridgehead atoms. The molecule has 0 fully saturated rings. The highest BCUT2D eigenvalue weighted by Gasteiger charge is 2.24. The smallest absolute Gasteiger partial charge is 0.296 e. The Labute approximate surface area is 155 Å². The van der Waals surface area contributed by atoms with Crippen molar-refractivity contribution in [2.75, 3.05) is 12.4 Å². The number of hydrogen-bond acceptors (Lipinski definition) is 4. The number of anilines is 1. The van der Waals surface area contributed by atoms with E-state index in [9.17, 15) is 9.59 Å². The van der Waals surface area contributed by atoms with Gasteiger partial charge in [-0.2, -0.15) is 0 Å². The second-order valence-electron chi connectivity index (χ2n) is 6.05. The number of carbonyl (C=O) groups excluding carboxylic acids is 2. The van der Waals surface area contributed by atoms with E-state index in [0.717, 1.165) is 5.52 Å². The molecular weight excluding hydrogens is 354 g/mol. The summed E-state index contributed by atoms with van der Waals surface area (Å²) < 4.78 is 6.90. The number of benzene rings is 1. The fourth-order valence-corrected chi connectivity index (χ4v) is 3.02. The highest BCUT2D eigenvalue weighted by molar-refractivity contribution is 6.49. The number of halogens is 1. The first-order chi connectivity index (χ1) is 12.4. The first kappa shape index (κ1) is 17.9. The number of ketones is 1. The van der Waals surface area contributed by atoms with Gasteiger partial charge in [0.05, 0.1) is 35.1 Å². The van der Waals surface area contributed by atoms with Gasteiger partial charge in [-0.15, -0.1) is 0 Å². The maximum atomic E-state index is 12.7. The van der Waals surface area contributed by atoms with Gasteiger partial charge in [0.25, 0.3) is 11.7 Å². The largest absolute Gasteiger partial charge is 0.481 e. The molecule has 0 saturated carbocycles. The van der Waals surface area contributed by atoms with Crippen molar-refractivity contribution in [1.29, 1.82) is 0 Å². The summed E-state index contributed by atoms with van der Waals surface area (Å²) in [5.41, 5.74) is 1.50. The molecule has 0 aliphatic carbocycles. The molecule has 7 heteroatoms. The van der Waals surface area contributed by atoms with Crippen molar-refractivity contribution in [3.05, 3.63) is 53.3 Å². The highest BCUT2D eigenvalue weighted by Crippen LogP contribution is 2.31.